The van der Waals surface area contributed by atoms with E-state index in [2.05, 4.69) is 24.6 Å². The quantitative estimate of drug-likeness (QED) is 0.261. The van der Waals surface area contributed by atoms with Crippen LogP contribution >= 0.6 is 0 Å². The smallest absolute Gasteiger partial charge is 0.216 e. The first kappa shape index (κ1) is 21.6. The third-order valence-electron chi connectivity index (χ3n) is 3.35. The van der Waals surface area contributed by atoms with Gasteiger partial charge in [-0.05, 0) is 44.8 Å². The zero-order valence-electron chi connectivity index (χ0n) is 15.1. The van der Waals surface area contributed by atoms with E-state index >= 15 is 0 Å². The first-order valence-corrected chi connectivity index (χ1v) is 8.19. The molecule has 0 aromatic heterocycles. The van der Waals surface area contributed by atoms with Crippen LogP contribution < -0.4 is 5.32 Å². The molecule has 0 spiro atoms. The van der Waals surface area contributed by atoms with Gasteiger partial charge in [-0.2, -0.15) is 0 Å². The summed E-state index contributed by atoms with van der Waals surface area (Å²) in [4.78, 5) is 23.5. The van der Waals surface area contributed by atoms with E-state index in [1.54, 1.807) is 18.2 Å². The molecule has 0 aromatic carbocycles. The lowest BCUT2D eigenvalue weighted by Gasteiger charge is -2.09. The molecule has 0 heterocycles. The van der Waals surface area contributed by atoms with Crippen molar-refractivity contribution in [1.29, 1.82) is 0 Å². The summed E-state index contributed by atoms with van der Waals surface area (Å²) in [6, 6.07) is 0. The molecule has 0 saturated carbocycles. The Morgan fingerprint density at radius 1 is 1.08 bits per heavy atom. The van der Waals surface area contributed by atoms with Crippen molar-refractivity contribution in [2.45, 2.75) is 40.0 Å². The number of ketones is 1. The molecule has 0 aliphatic heterocycles. The van der Waals surface area contributed by atoms with Gasteiger partial charge in [0.05, 0.1) is 0 Å². The van der Waals surface area contributed by atoms with Gasteiger partial charge in [0.25, 0.3) is 0 Å². The van der Waals surface area contributed by atoms with Gasteiger partial charge in [-0.25, -0.2) is 0 Å². The fraction of sp³-hybridized carbons (Fsp3) is 0.333. The summed E-state index contributed by atoms with van der Waals surface area (Å²) >= 11 is 0. The van der Waals surface area contributed by atoms with E-state index in [0.29, 0.717) is 18.5 Å². The molecular weight excluding hydrogens is 298 g/mol. The van der Waals surface area contributed by atoms with Crippen molar-refractivity contribution in [3.8, 4) is 0 Å². The number of carbonyl (C=O) groups excluding carboxylic acids is 2. The zero-order chi connectivity index (χ0) is 18.4. The minimum Gasteiger partial charge on any atom is -0.356 e. The van der Waals surface area contributed by atoms with E-state index in [0.717, 1.165) is 24.0 Å². The molecule has 0 aromatic rings. The lowest BCUT2D eigenvalue weighted by Crippen LogP contribution is -2.21. The van der Waals surface area contributed by atoms with Crippen molar-refractivity contribution >= 4 is 11.7 Å². The Morgan fingerprint density at radius 2 is 1.79 bits per heavy atom. The van der Waals surface area contributed by atoms with Gasteiger partial charge < -0.3 is 5.32 Å². The summed E-state index contributed by atoms with van der Waals surface area (Å²) in [5.41, 5.74) is 2.54. The fourth-order valence-electron chi connectivity index (χ4n) is 2.07. The maximum absolute atomic E-state index is 12.5. The van der Waals surface area contributed by atoms with Gasteiger partial charge in [-0.1, -0.05) is 48.6 Å². The number of nitrogens with one attached hydrogen (secondary N) is 1. The van der Waals surface area contributed by atoms with Gasteiger partial charge in [0, 0.05) is 19.0 Å². The molecule has 0 aliphatic rings. The van der Waals surface area contributed by atoms with Crippen molar-refractivity contribution in [3.63, 3.8) is 0 Å². The van der Waals surface area contributed by atoms with E-state index in [-0.39, 0.29) is 11.7 Å². The highest BCUT2D eigenvalue weighted by Gasteiger charge is 2.11. The van der Waals surface area contributed by atoms with Crippen LogP contribution in [0.3, 0.4) is 0 Å². The maximum atomic E-state index is 12.5. The summed E-state index contributed by atoms with van der Waals surface area (Å²) in [6.45, 7) is 13.2. The maximum Gasteiger partial charge on any atom is 0.216 e. The molecule has 0 fully saturated rings. The second-order valence-corrected chi connectivity index (χ2v) is 5.37. The summed E-state index contributed by atoms with van der Waals surface area (Å²) in [5.74, 6) is -0.145. The summed E-state index contributed by atoms with van der Waals surface area (Å²) in [6.07, 6.45) is 15.0. The van der Waals surface area contributed by atoms with Crippen LogP contribution in [0.5, 0.6) is 0 Å². The molecule has 0 aliphatic carbocycles. The molecule has 0 atom stereocenters. The molecule has 0 unspecified atom stereocenters. The second-order valence-electron chi connectivity index (χ2n) is 5.37. The Bertz CT molecular complexity index is 575. The monoisotopic (exact) mass is 327 g/mol. The number of unbranched alkanes of at least 4 members (excludes halogenated alkanes) is 1. The van der Waals surface area contributed by atoms with Gasteiger partial charge in [0.2, 0.25) is 5.91 Å². The summed E-state index contributed by atoms with van der Waals surface area (Å²) in [5, 5.41) is 2.75. The standard InChI is InChI=1S/C21H29NO2/c1-6-9-10-12-17(4)13-14-21(24)20(11-7-2)19(8-3)15-16-22-18(5)23/h6-8,11-14H,1-2,9-10,15-16H2,3-5H3,(H,22,23)/b14-13+,17-12+,19-8-,20-11+. The number of carbonyl (C=O) groups is 2. The Hall–Kier alpha value is -2.42. The Morgan fingerprint density at radius 3 is 2.33 bits per heavy atom. The number of hydrogen-bond acceptors (Lipinski definition) is 2. The second kappa shape index (κ2) is 13.1. The van der Waals surface area contributed by atoms with Crippen LogP contribution in [-0.2, 0) is 9.59 Å². The topological polar surface area (TPSA) is 46.2 Å². The van der Waals surface area contributed by atoms with E-state index in [4.69, 9.17) is 0 Å². The highest BCUT2D eigenvalue weighted by molar-refractivity contribution is 6.07. The Kier molecular flexibility index (Phi) is 11.7. The van der Waals surface area contributed by atoms with E-state index < -0.39 is 0 Å². The van der Waals surface area contributed by atoms with Gasteiger partial charge in [-0.15, -0.1) is 6.58 Å². The van der Waals surface area contributed by atoms with Crippen molar-refractivity contribution < 1.29 is 9.59 Å². The van der Waals surface area contributed by atoms with Gasteiger partial charge in [-0.3, -0.25) is 9.59 Å². The highest BCUT2D eigenvalue weighted by atomic mass is 16.1. The minimum absolute atomic E-state index is 0.0673. The number of rotatable bonds is 11. The van der Waals surface area contributed by atoms with Gasteiger partial charge in [0.1, 0.15) is 0 Å². The molecular formula is C21H29NO2. The number of hydrogen-bond donors (Lipinski definition) is 1. The van der Waals surface area contributed by atoms with Crippen LogP contribution in [0.4, 0.5) is 0 Å². The molecule has 1 amide bonds. The Labute approximate surface area is 146 Å². The van der Waals surface area contributed by atoms with Crippen LogP contribution in [0, 0.1) is 0 Å². The largest absolute Gasteiger partial charge is 0.356 e. The predicted octanol–water partition coefficient (Wildman–Crippen LogP) is 4.61. The van der Waals surface area contributed by atoms with Crippen molar-refractivity contribution in [1.82, 2.24) is 5.32 Å². The zero-order valence-corrected chi connectivity index (χ0v) is 15.1. The molecule has 0 radical (unpaired) electrons. The molecule has 3 heteroatoms. The molecule has 24 heavy (non-hydrogen) atoms. The molecule has 0 rings (SSSR count). The van der Waals surface area contributed by atoms with Crippen molar-refractivity contribution in [2.75, 3.05) is 6.54 Å². The van der Waals surface area contributed by atoms with Crippen LogP contribution in [0.25, 0.3) is 0 Å². The average Bonchev–Trinajstić information content (AvgIpc) is 2.55. The first-order chi connectivity index (χ1) is 11.5. The van der Waals surface area contributed by atoms with Crippen LogP contribution in [0.2, 0.25) is 0 Å². The molecule has 0 bridgehead atoms. The minimum atomic E-state index is -0.0776. The van der Waals surface area contributed by atoms with Gasteiger partial charge >= 0.3 is 0 Å². The summed E-state index contributed by atoms with van der Waals surface area (Å²) < 4.78 is 0. The molecule has 0 saturated heterocycles. The highest BCUT2D eigenvalue weighted by Crippen LogP contribution is 2.16. The molecule has 3 nitrogen and oxygen atoms in total. The van der Waals surface area contributed by atoms with E-state index in [1.807, 2.05) is 32.1 Å². The van der Waals surface area contributed by atoms with Crippen molar-refractivity contribution in [3.05, 3.63) is 72.4 Å². The normalized spacial score (nSPS) is 13.0. The van der Waals surface area contributed by atoms with E-state index in [1.165, 1.54) is 6.92 Å². The number of amides is 1. The SMILES string of the molecule is C=C/C=C(C(=O)/C=C/C(C)=C/CCC=C)\C(=C/C)CCNC(C)=O. The first-order valence-electron chi connectivity index (χ1n) is 8.19. The van der Waals surface area contributed by atoms with Crippen LogP contribution in [0.15, 0.2) is 72.4 Å². The fourth-order valence-corrected chi connectivity index (χ4v) is 2.07. The lowest BCUT2D eigenvalue weighted by molar-refractivity contribution is -0.118. The molecule has 130 valence electrons. The predicted molar refractivity (Wildman–Crippen MR) is 103 cm³/mol. The van der Waals surface area contributed by atoms with Crippen LogP contribution in [-0.4, -0.2) is 18.2 Å². The molecule has 1 N–H and O–H groups in total. The van der Waals surface area contributed by atoms with Crippen molar-refractivity contribution in [2.24, 2.45) is 0 Å². The summed E-state index contributed by atoms with van der Waals surface area (Å²) in [7, 11) is 0. The van der Waals surface area contributed by atoms with Gasteiger partial charge in [0.15, 0.2) is 5.78 Å². The average molecular weight is 327 g/mol. The number of allylic oxidation sites excluding steroid dienone is 9. The third kappa shape index (κ3) is 9.57. The van der Waals surface area contributed by atoms with E-state index in [9.17, 15) is 9.59 Å². The lowest BCUT2D eigenvalue weighted by atomic mass is 9.97. The Balaban J connectivity index is 5.02. The third-order valence-corrected chi connectivity index (χ3v) is 3.35. The van der Waals surface area contributed by atoms with Crippen LogP contribution in [0.1, 0.15) is 40.0 Å².